The zero-order chi connectivity index (χ0) is 24.4. The smallest absolute Gasteiger partial charge is 0.231 e. The number of para-hydroxylation sites is 2. The number of hydrogen-bond acceptors (Lipinski definition) is 6. The zero-order valence-electron chi connectivity index (χ0n) is 20.3. The summed E-state index contributed by atoms with van der Waals surface area (Å²) in [7, 11) is 1.69. The number of ketones is 1. The predicted octanol–water partition coefficient (Wildman–Crippen LogP) is 5.41. The minimum atomic E-state index is -0.122. The highest BCUT2D eigenvalue weighted by molar-refractivity contribution is 6.15. The molecule has 6 heteroatoms. The lowest BCUT2D eigenvalue weighted by Gasteiger charge is -2.30. The topological polar surface area (TPSA) is 57.2 Å². The molecule has 0 aromatic heterocycles. The summed E-state index contributed by atoms with van der Waals surface area (Å²) in [6.07, 6.45) is 2.60. The summed E-state index contributed by atoms with van der Waals surface area (Å²) in [5.41, 5.74) is 4.41. The van der Waals surface area contributed by atoms with Gasteiger partial charge in [-0.25, -0.2) is 0 Å². The molecule has 5 rings (SSSR count). The molecule has 0 fully saturated rings. The van der Waals surface area contributed by atoms with Crippen molar-refractivity contribution in [2.75, 3.05) is 27.0 Å². The Morgan fingerprint density at radius 3 is 2.63 bits per heavy atom. The van der Waals surface area contributed by atoms with E-state index >= 15 is 0 Å². The van der Waals surface area contributed by atoms with Gasteiger partial charge in [0.1, 0.15) is 29.7 Å². The maximum atomic E-state index is 13.3. The summed E-state index contributed by atoms with van der Waals surface area (Å²) >= 11 is 0. The number of Topliss-reactive ketones (excluding diaryl/α,β-unsaturated/α-hetero) is 1. The van der Waals surface area contributed by atoms with Crippen LogP contribution in [0.25, 0.3) is 6.08 Å². The maximum Gasteiger partial charge on any atom is 0.231 e. The van der Waals surface area contributed by atoms with Crippen LogP contribution in [-0.4, -0.2) is 37.7 Å². The van der Waals surface area contributed by atoms with Gasteiger partial charge in [0.15, 0.2) is 5.76 Å². The molecule has 2 aliphatic heterocycles. The molecule has 6 nitrogen and oxygen atoms in total. The first-order valence-corrected chi connectivity index (χ1v) is 11.9. The first-order valence-electron chi connectivity index (χ1n) is 11.9. The number of fused-ring (bicyclic) bond motifs is 2. The lowest BCUT2D eigenvalue weighted by atomic mass is 9.99. The second-order valence-corrected chi connectivity index (χ2v) is 8.66. The molecule has 180 valence electrons. The molecule has 0 saturated heterocycles. The van der Waals surface area contributed by atoms with E-state index in [0.717, 1.165) is 52.5 Å². The quantitative estimate of drug-likeness (QED) is 0.429. The van der Waals surface area contributed by atoms with Crippen molar-refractivity contribution >= 4 is 11.9 Å². The molecule has 0 aliphatic carbocycles. The van der Waals surface area contributed by atoms with Crippen LogP contribution in [0.15, 0.2) is 60.4 Å². The van der Waals surface area contributed by atoms with Gasteiger partial charge in [-0.05, 0) is 50.1 Å². The van der Waals surface area contributed by atoms with E-state index in [2.05, 4.69) is 11.0 Å². The molecule has 2 heterocycles. The van der Waals surface area contributed by atoms with Crippen LogP contribution >= 0.6 is 0 Å². The number of ether oxygens (including phenoxy) is 4. The molecule has 35 heavy (non-hydrogen) atoms. The maximum absolute atomic E-state index is 13.3. The Hall–Kier alpha value is -3.77. The van der Waals surface area contributed by atoms with Crippen molar-refractivity contribution in [1.29, 1.82) is 0 Å². The fraction of sp³-hybridized carbons (Fsp3) is 0.276. The van der Waals surface area contributed by atoms with Gasteiger partial charge >= 0.3 is 0 Å². The summed E-state index contributed by atoms with van der Waals surface area (Å²) in [6.45, 7) is 6.45. The molecule has 2 aliphatic rings. The van der Waals surface area contributed by atoms with Crippen LogP contribution in [-0.2, 0) is 13.0 Å². The Bertz CT molecular complexity index is 1300. The Labute approximate surface area is 205 Å². The molecule has 0 unspecified atom stereocenters. The molecule has 0 bridgehead atoms. The largest absolute Gasteiger partial charge is 0.496 e. The van der Waals surface area contributed by atoms with Crippen molar-refractivity contribution < 1.29 is 23.7 Å². The minimum Gasteiger partial charge on any atom is -0.496 e. The molecule has 3 aromatic rings. The summed E-state index contributed by atoms with van der Waals surface area (Å²) < 4.78 is 23.4. The summed E-state index contributed by atoms with van der Waals surface area (Å²) in [5, 5.41) is 0. The van der Waals surface area contributed by atoms with Crippen molar-refractivity contribution in [2.24, 2.45) is 0 Å². The zero-order valence-corrected chi connectivity index (χ0v) is 20.3. The molecule has 0 atom stereocenters. The Morgan fingerprint density at radius 1 is 1.06 bits per heavy atom. The van der Waals surface area contributed by atoms with Crippen molar-refractivity contribution in [1.82, 2.24) is 4.90 Å². The first kappa shape index (κ1) is 23.0. The van der Waals surface area contributed by atoms with Crippen molar-refractivity contribution in [2.45, 2.75) is 26.8 Å². The van der Waals surface area contributed by atoms with Gasteiger partial charge in [-0.2, -0.15) is 0 Å². The summed E-state index contributed by atoms with van der Waals surface area (Å²) in [5.74, 6) is 3.18. The lowest BCUT2D eigenvalue weighted by Crippen LogP contribution is -2.34. The second-order valence-electron chi connectivity index (χ2n) is 8.66. The number of methoxy groups -OCH3 is 1. The number of benzene rings is 3. The van der Waals surface area contributed by atoms with Crippen LogP contribution in [0, 0.1) is 6.92 Å². The second kappa shape index (κ2) is 9.84. The van der Waals surface area contributed by atoms with Crippen molar-refractivity contribution in [3.05, 3.63) is 88.2 Å². The van der Waals surface area contributed by atoms with Crippen LogP contribution in [0.2, 0.25) is 0 Å². The molecule has 0 saturated carbocycles. The van der Waals surface area contributed by atoms with Gasteiger partial charge in [-0.15, -0.1) is 0 Å². The van der Waals surface area contributed by atoms with Crippen molar-refractivity contribution in [3.63, 3.8) is 0 Å². The molecule has 0 radical (unpaired) electrons. The fourth-order valence-corrected chi connectivity index (χ4v) is 4.66. The fourth-order valence-electron chi connectivity index (χ4n) is 4.66. The predicted molar refractivity (Wildman–Crippen MR) is 134 cm³/mol. The molecular weight excluding hydrogens is 442 g/mol. The van der Waals surface area contributed by atoms with Gasteiger partial charge in [0.05, 0.1) is 19.3 Å². The number of carbonyl (C=O) groups excluding carboxylic acids is 1. The third kappa shape index (κ3) is 4.49. The standard InChI is InChI=1S/C29H29NO5/c1-4-33-25-12-8-6-10-21(25)16-26-27(31)23-15-22-17-30(18-34-28(22)19(2)29(23)35-26)14-13-20-9-5-7-11-24(20)32-3/h5-12,15-16H,4,13-14,17-18H2,1-3H3/b26-16-. The molecule has 0 amide bonds. The van der Waals surface area contributed by atoms with Crippen LogP contribution in [0.3, 0.4) is 0 Å². The third-order valence-electron chi connectivity index (χ3n) is 6.40. The number of rotatable bonds is 7. The van der Waals surface area contributed by atoms with Crippen molar-refractivity contribution in [3.8, 4) is 23.0 Å². The average Bonchev–Trinajstić information content (AvgIpc) is 3.19. The van der Waals surface area contributed by atoms with E-state index in [1.165, 1.54) is 0 Å². The summed E-state index contributed by atoms with van der Waals surface area (Å²) in [6, 6.07) is 17.6. The van der Waals surface area contributed by atoms with E-state index in [-0.39, 0.29) is 5.78 Å². The normalized spacial score (nSPS) is 15.9. The van der Waals surface area contributed by atoms with E-state index in [1.807, 2.05) is 62.4 Å². The van der Waals surface area contributed by atoms with Gasteiger partial charge < -0.3 is 18.9 Å². The molecular formula is C29H29NO5. The van der Waals surface area contributed by atoms with E-state index in [1.54, 1.807) is 13.2 Å². The van der Waals surface area contributed by atoms with Gasteiger partial charge in [-0.3, -0.25) is 9.69 Å². The first-order chi connectivity index (χ1) is 17.1. The molecule has 3 aromatic carbocycles. The van der Waals surface area contributed by atoms with E-state index in [0.29, 0.717) is 37.0 Å². The van der Waals surface area contributed by atoms with Gasteiger partial charge in [0, 0.05) is 29.8 Å². The molecule has 0 spiro atoms. The summed E-state index contributed by atoms with van der Waals surface area (Å²) in [4.78, 5) is 15.5. The highest BCUT2D eigenvalue weighted by Gasteiger charge is 2.33. The number of hydrogen-bond donors (Lipinski definition) is 0. The Morgan fingerprint density at radius 2 is 1.83 bits per heavy atom. The number of nitrogens with zero attached hydrogens (tertiary/aromatic N) is 1. The monoisotopic (exact) mass is 471 g/mol. The number of allylic oxidation sites excluding steroid dienone is 1. The average molecular weight is 472 g/mol. The molecule has 0 N–H and O–H groups in total. The Kier molecular flexibility index (Phi) is 6.47. The van der Waals surface area contributed by atoms with E-state index in [4.69, 9.17) is 18.9 Å². The van der Waals surface area contributed by atoms with Crippen LogP contribution in [0.1, 0.15) is 39.5 Å². The van der Waals surface area contributed by atoms with E-state index in [9.17, 15) is 4.79 Å². The SMILES string of the molecule is CCOc1ccccc1/C=C1\Oc2c(cc3c(c2C)OCN(CCc2ccccc2OC)C3)C1=O. The highest BCUT2D eigenvalue weighted by Crippen LogP contribution is 2.43. The van der Waals surface area contributed by atoms with E-state index < -0.39 is 0 Å². The van der Waals surface area contributed by atoms with Gasteiger partial charge in [0.2, 0.25) is 5.78 Å². The Balaban J connectivity index is 1.36. The third-order valence-corrected chi connectivity index (χ3v) is 6.40. The van der Waals surface area contributed by atoms with Gasteiger partial charge in [-0.1, -0.05) is 36.4 Å². The van der Waals surface area contributed by atoms with Crippen LogP contribution in [0.4, 0.5) is 0 Å². The highest BCUT2D eigenvalue weighted by atomic mass is 16.5. The van der Waals surface area contributed by atoms with Crippen LogP contribution in [0.5, 0.6) is 23.0 Å². The van der Waals surface area contributed by atoms with Crippen LogP contribution < -0.4 is 18.9 Å². The van der Waals surface area contributed by atoms with Gasteiger partial charge in [0.25, 0.3) is 0 Å². The number of carbonyl (C=O) groups is 1. The lowest BCUT2D eigenvalue weighted by molar-refractivity contribution is 0.0952. The minimum absolute atomic E-state index is 0.122.